The molecule has 0 spiro atoms. The van der Waals surface area contributed by atoms with E-state index in [4.69, 9.17) is 4.52 Å². The van der Waals surface area contributed by atoms with E-state index < -0.39 is 0 Å². The van der Waals surface area contributed by atoms with Gasteiger partial charge in [0, 0.05) is 5.56 Å². The summed E-state index contributed by atoms with van der Waals surface area (Å²) in [6.07, 6.45) is 3.06. The highest BCUT2D eigenvalue weighted by molar-refractivity contribution is 5.84. The van der Waals surface area contributed by atoms with Gasteiger partial charge in [0.2, 0.25) is 0 Å². The number of nitrogens with one attached hydrogen (secondary N) is 2. The molecule has 0 saturated heterocycles. The van der Waals surface area contributed by atoms with Crippen LogP contribution in [0.4, 0.5) is 11.4 Å². The van der Waals surface area contributed by atoms with Crippen molar-refractivity contribution >= 4 is 11.4 Å². The number of fused-ring (bicyclic) bond motifs is 1. The number of aryl methyl sites for hydroxylation is 3. The summed E-state index contributed by atoms with van der Waals surface area (Å²) in [4.78, 5) is 0. The van der Waals surface area contributed by atoms with E-state index in [1.54, 1.807) is 0 Å². The lowest BCUT2D eigenvalue weighted by molar-refractivity contribution is 0.393. The van der Waals surface area contributed by atoms with Gasteiger partial charge in [0.15, 0.2) is 0 Å². The zero-order valence-corrected chi connectivity index (χ0v) is 12.1. The summed E-state index contributed by atoms with van der Waals surface area (Å²) in [5.41, 5.74) is 6.98. The van der Waals surface area contributed by atoms with Gasteiger partial charge in [-0.1, -0.05) is 5.16 Å². The molecule has 0 radical (unpaired) electrons. The van der Waals surface area contributed by atoms with Crippen LogP contribution in [0, 0.1) is 26.7 Å². The Morgan fingerprint density at radius 3 is 2.60 bits per heavy atom. The van der Waals surface area contributed by atoms with Crippen molar-refractivity contribution in [3.05, 3.63) is 29.2 Å². The molecule has 4 nitrogen and oxygen atoms in total. The maximum Gasteiger partial charge on any atom is 0.141 e. The van der Waals surface area contributed by atoms with Gasteiger partial charge in [-0.25, -0.2) is 0 Å². The number of hydrogen-bond donors (Lipinski definition) is 2. The van der Waals surface area contributed by atoms with Gasteiger partial charge in [0.25, 0.3) is 0 Å². The molecule has 0 amide bonds. The second kappa shape index (κ2) is 4.01. The van der Waals surface area contributed by atoms with Crippen molar-refractivity contribution < 1.29 is 4.52 Å². The molecule has 1 aromatic heterocycles. The van der Waals surface area contributed by atoms with Gasteiger partial charge in [-0.15, -0.1) is 0 Å². The molecule has 1 saturated carbocycles. The third-order valence-corrected chi connectivity index (χ3v) is 4.36. The van der Waals surface area contributed by atoms with Crippen molar-refractivity contribution in [3.63, 3.8) is 0 Å². The molecule has 1 aromatic carbocycles. The Bertz CT molecular complexity index is 666. The molecular weight excluding hydrogens is 250 g/mol. The highest BCUT2D eigenvalue weighted by atomic mass is 16.5. The number of hydrogen-bond acceptors (Lipinski definition) is 4. The number of rotatable bonds is 2. The molecule has 2 N–H and O–H groups in total. The number of nitrogens with zero attached hydrogens (tertiary/aromatic N) is 1. The fourth-order valence-corrected chi connectivity index (χ4v) is 3.16. The third-order valence-electron chi connectivity index (χ3n) is 4.36. The largest absolute Gasteiger partial charge is 0.363 e. The van der Waals surface area contributed by atoms with Gasteiger partial charge in [0.05, 0.1) is 23.2 Å². The lowest BCUT2D eigenvalue weighted by Gasteiger charge is -2.09. The summed E-state index contributed by atoms with van der Waals surface area (Å²) in [5, 5.41) is 11.3. The van der Waals surface area contributed by atoms with Crippen LogP contribution in [0.5, 0.6) is 0 Å². The van der Waals surface area contributed by atoms with Crippen molar-refractivity contribution in [2.75, 3.05) is 10.6 Å². The molecule has 4 rings (SSSR count). The third kappa shape index (κ3) is 1.71. The zero-order chi connectivity index (χ0) is 13.9. The first kappa shape index (κ1) is 11.8. The normalized spacial score (nSPS) is 20.4. The lowest BCUT2D eigenvalue weighted by Crippen LogP contribution is -2.24. The van der Waals surface area contributed by atoms with Crippen LogP contribution in [-0.2, 0) is 0 Å². The highest BCUT2D eigenvalue weighted by Crippen LogP contribution is 2.43. The first-order valence-corrected chi connectivity index (χ1v) is 7.24. The first-order chi connectivity index (χ1) is 9.63. The quantitative estimate of drug-likeness (QED) is 0.869. The summed E-state index contributed by atoms with van der Waals surface area (Å²) in [7, 11) is 0. The van der Waals surface area contributed by atoms with Crippen molar-refractivity contribution in [1.82, 2.24) is 5.16 Å². The Morgan fingerprint density at radius 1 is 1.15 bits per heavy atom. The molecule has 1 aliphatic carbocycles. The van der Waals surface area contributed by atoms with E-state index in [0.717, 1.165) is 22.9 Å². The molecule has 20 heavy (non-hydrogen) atoms. The smallest absolute Gasteiger partial charge is 0.141 e. The minimum absolute atomic E-state index is 0.406. The van der Waals surface area contributed by atoms with Crippen LogP contribution in [0.15, 0.2) is 16.7 Å². The average Bonchev–Trinajstić information content (AvgIpc) is 3.08. The molecule has 1 atom stereocenters. The lowest BCUT2D eigenvalue weighted by atomic mass is 10.00. The van der Waals surface area contributed by atoms with Crippen LogP contribution >= 0.6 is 0 Å². The molecule has 2 heterocycles. The fourth-order valence-electron chi connectivity index (χ4n) is 3.16. The molecule has 4 heteroatoms. The summed E-state index contributed by atoms with van der Waals surface area (Å²) in [5.74, 6) is 1.66. The summed E-state index contributed by atoms with van der Waals surface area (Å²) < 4.78 is 5.29. The molecule has 1 aliphatic heterocycles. The first-order valence-electron chi connectivity index (χ1n) is 7.24. The van der Waals surface area contributed by atoms with Gasteiger partial charge in [0.1, 0.15) is 5.76 Å². The predicted octanol–water partition coefficient (Wildman–Crippen LogP) is 3.84. The van der Waals surface area contributed by atoms with Crippen LogP contribution in [0.25, 0.3) is 11.1 Å². The van der Waals surface area contributed by atoms with E-state index in [-0.39, 0.29) is 0 Å². The van der Waals surface area contributed by atoms with Gasteiger partial charge in [-0.3, -0.25) is 0 Å². The van der Waals surface area contributed by atoms with E-state index in [0.29, 0.717) is 6.17 Å². The van der Waals surface area contributed by atoms with Crippen LogP contribution in [0.1, 0.15) is 29.9 Å². The van der Waals surface area contributed by atoms with E-state index >= 15 is 0 Å². The van der Waals surface area contributed by atoms with Gasteiger partial charge < -0.3 is 15.2 Å². The fraction of sp³-hybridized carbons (Fsp3) is 0.438. The number of anilines is 2. The molecule has 104 valence electrons. The van der Waals surface area contributed by atoms with Gasteiger partial charge >= 0.3 is 0 Å². The minimum Gasteiger partial charge on any atom is -0.363 e. The summed E-state index contributed by atoms with van der Waals surface area (Å²) in [6.45, 7) is 6.12. The molecule has 2 aliphatic rings. The zero-order valence-electron chi connectivity index (χ0n) is 12.1. The van der Waals surface area contributed by atoms with E-state index in [9.17, 15) is 0 Å². The van der Waals surface area contributed by atoms with E-state index in [2.05, 4.69) is 34.8 Å². The summed E-state index contributed by atoms with van der Waals surface area (Å²) in [6, 6.07) is 4.43. The van der Waals surface area contributed by atoms with Crippen molar-refractivity contribution in [1.29, 1.82) is 0 Å². The SMILES string of the molecule is Cc1cc(-c2c(C)noc2C)cc2c1NC(C1CC1)N2. The van der Waals surface area contributed by atoms with Crippen LogP contribution in [0.3, 0.4) is 0 Å². The Balaban J connectivity index is 1.78. The average molecular weight is 269 g/mol. The van der Waals surface area contributed by atoms with Crippen LogP contribution in [-0.4, -0.2) is 11.3 Å². The predicted molar refractivity (Wildman–Crippen MR) is 79.9 cm³/mol. The maximum atomic E-state index is 5.29. The standard InChI is InChI=1S/C16H19N3O/c1-8-6-12(14-9(2)19-20-10(14)3)7-13-15(8)18-16(17-13)11-4-5-11/h6-7,11,16-18H,4-5H2,1-3H3. The molecular formula is C16H19N3O. The Kier molecular flexibility index (Phi) is 2.37. The minimum atomic E-state index is 0.406. The molecule has 1 fully saturated rings. The Morgan fingerprint density at radius 2 is 1.95 bits per heavy atom. The maximum absolute atomic E-state index is 5.29. The van der Waals surface area contributed by atoms with Crippen molar-refractivity contribution in [3.8, 4) is 11.1 Å². The van der Waals surface area contributed by atoms with Gasteiger partial charge in [-0.05, 0) is 62.8 Å². The second-order valence-corrected chi connectivity index (χ2v) is 6.02. The van der Waals surface area contributed by atoms with Crippen LogP contribution in [0.2, 0.25) is 0 Å². The number of aromatic nitrogens is 1. The van der Waals surface area contributed by atoms with Crippen LogP contribution < -0.4 is 10.6 Å². The Labute approximate surface area is 118 Å². The molecule has 2 aromatic rings. The highest BCUT2D eigenvalue weighted by Gasteiger charge is 2.35. The molecule has 0 bridgehead atoms. The Hall–Kier alpha value is -1.97. The van der Waals surface area contributed by atoms with Crippen molar-refractivity contribution in [2.45, 2.75) is 39.8 Å². The van der Waals surface area contributed by atoms with E-state index in [1.165, 1.54) is 35.3 Å². The topological polar surface area (TPSA) is 50.1 Å². The van der Waals surface area contributed by atoms with Gasteiger partial charge in [-0.2, -0.15) is 0 Å². The molecule has 1 unspecified atom stereocenters. The second-order valence-electron chi connectivity index (χ2n) is 6.02. The van der Waals surface area contributed by atoms with E-state index in [1.807, 2.05) is 13.8 Å². The van der Waals surface area contributed by atoms with Crippen molar-refractivity contribution in [2.24, 2.45) is 5.92 Å². The monoisotopic (exact) mass is 269 g/mol. The number of benzene rings is 1. The summed E-state index contributed by atoms with van der Waals surface area (Å²) >= 11 is 0.